The van der Waals surface area contributed by atoms with Crippen LogP contribution in [-0.4, -0.2) is 44.8 Å². The van der Waals surface area contributed by atoms with Crippen molar-refractivity contribution in [2.45, 2.75) is 18.9 Å². The Morgan fingerprint density at radius 2 is 1.85 bits per heavy atom. The second kappa shape index (κ2) is 7.27. The van der Waals surface area contributed by atoms with Gasteiger partial charge in [-0.1, -0.05) is 24.3 Å². The van der Waals surface area contributed by atoms with E-state index in [4.69, 9.17) is 4.74 Å². The maximum Gasteiger partial charge on any atom is 0.0642 e. The van der Waals surface area contributed by atoms with Crippen LogP contribution in [0.15, 0.2) is 48.5 Å². The molecule has 1 atom stereocenters. The first kappa shape index (κ1) is 17.2. The minimum atomic E-state index is 0.501. The monoisotopic (exact) mass is 378 g/mol. The Morgan fingerprint density at radius 3 is 2.70 bits per heavy atom. The van der Waals surface area contributed by atoms with Crippen molar-refractivity contribution in [2.24, 2.45) is 0 Å². The molecule has 3 aromatic rings. The lowest BCUT2D eigenvalue weighted by molar-refractivity contribution is 0.122. The molecule has 1 aromatic heterocycles. The highest BCUT2D eigenvalue weighted by Gasteiger charge is 2.25. The average molecular weight is 379 g/mol. The van der Waals surface area contributed by atoms with Crippen LogP contribution in [0.2, 0.25) is 0 Å². The lowest BCUT2D eigenvalue weighted by Crippen LogP contribution is -2.36. The SMILES string of the molecule is CN1CCC(c2cc3ccccc3s2)c2ccc(N3CCOCC3)cc2C1. The number of hydrogen-bond acceptors (Lipinski definition) is 4. The van der Waals surface area contributed by atoms with E-state index in [0.29, 0.717) is 5.92 Å². The van der Waals surface area contributed by atoms with Gasteiger partial charge in [0.1, 0.15) is 0 Å². The van der Waals surface area contributed by atoms with E-state index < -0.39 is 0 Å². The van der Waals surface area contributed by atoms with Crippen LogP contribution in [-0.2, 0) is 11.3 Å². The van der Waals surface area contributed by atoms with E-state index in [1.165, 1.54) is 38.2 Å². The number of morpholine rings is 1. The molecule has 2 aliphatic heterocycles. The molecule has 1 unspecified atom stereocenters. The Kier molecular flexibility index (Phi) is 4.64. The molecule has 0 aliphatic carbocycles. The molecule has 2 aromatic carbocycles. The molecule has 0 saturated carbocycles. The first-order valence-corrected chi connectivity index (χ1v) is 10.7. The quantitative estimate of drug-likeness (QED) is 0.642. The van der Waals surface area contributed by atoms with Crippen LogP contribution in [0.25, 0.3) is 10.1 Å². The van der Waals surface area contributed by atoms with Crippen molar-refractivity contribution in [3.05, 3.63) is 64.5 Å². The molecule has 0 spiro atoms. The molecule has 3 heterocycles. The molecule has 0 radical (unpaired) electrons. The predicted octanol–water partition coefficient (Wildman–Crippen LogP) is 4.71. The first-order valence-electron chi connectivity index (χ1n) is 9.90. The molecule has 5 rings (SSSR count). The fourth-order valence-corrected chi connectivity index (χ4v) is 5.65. The number of benzene rings is 2. The van der Waals surface area contributed by atoms with Gasteiger partial charge in [0.2, 0.25) is 0 Å². The largest absolute Gasteiger partial charge is 0.378 e. The number of fused-ring (bicyclic) bond motifs is 2. The van der Waals surface area contributed by atoms with Crippen LogP contribution in [0.1, 0.15) is 28.3 Å². The second-order valence-corrected chi connectivity index (χ2v) is 8.86. The van der Waals surface area contributed by atoms with Gasteiger partial charge in [-0.25, -0.2) is 0 Å². The summed E-state index contributed by atoms with van der Waals surface area (Å²) in [4.78, 5) is 6.44. The third kappa shape index (κ3) is 3.38. The van der Waals surface area contributed by atoms with Crippen molar-refractivity contribution < 1.29 is 4.74 Å². The normalized spacial score (nSPS) is 21.2. The van der Waals surface area contributed by atoms with Crippen molar-refractivity contribution >= 4 is 27.1 Å². The molecule has 0 amide bonds. The molecule has 140 valence electrons. The Hall–Kier alpha value is -1.88. The van der Waals surface area contributed by atoms with Gasteiger partial charge in [-0.05, 0) is 60.8 Å². The molecule has 27 heavy (non-hydrogen) atoms. The highest BCUT2D eigenvalue weighted by Crippen LogP contribution is 2.40. The summed E-state index contributed by atoms with van der Waals surface area (Å²) in [6.07, 6.45) is 1.19. The zero-order valence-corrected chi connectivity index (χ0v) is 16.7. The minimum Gasteiger partial charge on any atom is -0.378 e. The van der Waals surface area contributed by atoms with Crippen molar-refractivity contribution in [1.82, 2.24) is 4.90 Å². The Morgan fingerprint density at radius 1 is 1.00 bits per heavy atom. The smallest absolute Gasteiger partial charge is 0.0642 e. The molecular formula is C23H26N2OS. The lowest BCUT2D eigenvalue weighted by atomic mass is 9.90. The van der Waals surface area contributed by atoms with E-state index in [1.807, 2.05) is 11.3 Å². The Balaban J connectivity index is 1.54. The summed E-state index contributed by atoms with van der Waals surface area (Å²) >= 11 is 1.96. The topological polar surface area (TPSA) is 15.7 Å². The molecule has 0 N–H and O–H groups in total. The summed E-state index contributed by atoms with van der Waals surface area (Å²) in [6.45, 7) is 5.83. The third-order valence-electron chi connectivity index (χ3n) is 5.91. The summed E-state index contributed by atoms with van der Waals surface area (Å²) in [5.74, 6) is 0.501. The molecule has 2 aliphatic rings. The highest BCUT2D eigenvalue weighted by molar-refractivity contribution is 7.19. The van der Waals surface area contributed by atoms with Crippen molar-refractivity contribution in [1.29, 1.82) is 0 Å². The van der Waals surface area contributed by atoms with E-state index in [-0.39, 0.29) is 0 Å². The number of rotatable bonds is 2. The van der Waals surface area contributed by atoms with Gasteiger partial charge in [0, 0.05) is 40.8 Å². The van der Waals surface area contributed by atoms with Gasteiger partial charge in [0.15, 0.2) is 0 Å². The van der Waals surface area contributed by atoms with Gasteiger partial charge in [-0.15, -0.1) is 11.3 Å². The van der Waals surface area contributed by atoms with Gasteiger partial charge >= 0.3 is 0 Å². The minimum absolute atomic E-state index is 0.501. The summed E-state index contributed by atoms with van der Waals surface area (Å²) in [5, 5.41) is 1.38. The molecule has 0 bridgehead atoms. The molecule has 4 heteroatoms. The van der Waals surface area contributed by atoms with Gasteiger partial charge in [-0.3, -0.25) is 0 Å². The fraction of sp³-hybridized carbons (Fsp3) is 0.391. The molecule has 3 nitrogen and oxygen atoms in total. The standard InChI is InChI=1S/C23H26N2OS/c1-24-9-8-21(23-15-17-4-2-3-5-22(17)27-23)20-7-6-19(14-18(20)16-24)25-10-12-26-13-11-25/h2-7,14-15,21H,8-13,16H2,1H3. The average Bonchev–Trinajstić information content (AvgIpc) is 3.06. The fourth-order valence-electron chi connectivity index (χ4n) is 4.43. The zero-order valence-electron chi connectivity index (χ0n) is 15.9. The highest BCUT2D eigenvalue weighted by atomic mass is 32.1. The number of nitrogens with zero attached hydrogens (tertiary/aromatic N) is 2. The third-order valence-corrected chi connectivity index (χ3v) is 7.14. The van der Waals surface area contributed by atoms with E-state index in [1.54, 1.807) is 0 Å². The predicted molar refractivity (Wildman–Crippen MR) is 114 cm³/mol. The summed E-state index contributed by atoms with van der Waals surface area (Å²) in [7, 11) is 2.25. The molecular weight excluding hydrogens is 352 g/mol. The van der Waals surface area contributed by atoms with Crippen LogP contribution in [0, 0.1) is 0 Å². The van der Waals surface area contributed by atoms with Crippen molar-refractivity contribution in [2.75, 3.05) is 44.8 Å². The summed E-state index contributed by atoms with van der Waals surface area (Å²) in [5.41, 5.74) is 4.35. The zero-order chi connectivity index (χ0) is 18.2. The maximum absolute atomic E-state index is 5.53. The lowest BCUT2D eigenvalue weighted by Gasteiger charge is -2.30. The summed E-state index contributed by atoms with van der Waals surface area (Å²) < 4.78 is 6.93. The maximum atomic E-state index is 5.53. The van der Waals surface area contributed by atoms with Crippen LogP contribution < -0.4 is 4.90 Å². The van der Waals surface area contributed by atoms with Crippen LogP contribution >= 0.6 is 11.3 Å². The second-order valence-electron chi connectivity index (χ2n) is 7.75. The summed E-state index contributed by atoms with van der Waals surface area (Å²) in [6, 6.07) is 18.3. The Labute approximate surface area is 165 Å². The van der Waals surface area contributed by atoms with E-state index >= 15 is 0 Å². The van der Waals surface area contributed by atoms with Crippen molar-refractivity contribution in [3.8, 4) is 0 Å². The van der Waals surface area contributed by atoms with Crippen molar-refractivity contribution in [3.63, 3.8) is 0 Å². The van der Waals surface area contributed by atoms with E-state index in [2.05, 4.69) is 65.4 Å². The first-order chi connectivity index (χ1) is 13.3. The van der Waals surface area contributed by atoms with E-state index in [9.17, 15) is 0 Å². The molecule has 1 saturated heterocycles. The number of thiophene rings is 1. The number of ether oxygens (including phenoxy) is 1. The van der Waals surface area contributed by atoms with Crippen LogP contribution in [0.4, 0.5) is 5.69 Å². The van der Waals surface area contributed by atoms with Gasteiger partial charge in [0.25, 0.3) is 0 Å². The van der Waals surface area contributed by atoms with Crippen LogP contribution in [0.5, 0.6) is 0 Å². The van der Waals surface area contributed by atoms with Gasteiger partial charge < -0.3 is 14.5 Å². The molecule has 1 fully saturated rings. The van der Waals surface area contributed by atoms with Gasteiger partial charge in [-0.2, -0.15) is 0 Å². The number of hydrogen-bond donors (Lipinski definition) is 0. The van der Waals surface area contributed by atoms with E-state index in [0.717, 1.165) is 39.4 Å². The van der Waals surface area contributed by atoms with Crippen LogP contribution in [0.3, 0.4) is 0 Å². The number of anilines is 1. The van der Waals surface area contributed by atoms with Gasteiger partial charge in [0.05, 0.1) is 13.2 Å². The Bertz CT molecular complexity index is 911.